The maximum Gasteiger partial charge on any atom is 0.416 e. The van der Waals surface area contributed by atoms with Crippen molar-refractivity contribution in [3.63, 3.8) is 0 Å². The SMILES string of the molecule is CCCCC(CC)C(=O)c1c(CN(Cc2cc(C(F)(F)F)cc(C(F)(F)F)c2)c2nnn(C)n2)c2ccccc2n1C. The molecule has 1 atom stereocenters. The van der Waals surface area contributed by atoms with Crippen LogP contribution in [0.15, 0.2) is 42.5 Å². The third-order valence-electron chi connectivity index (χ3n) is 7.37. The Morgan fingerprint density at radius 2 is 1.60 bits per heavy atom. The number of unbranched alkanes of at least 4 members (excludes halogenated alkanes) is 1. The number of para-hydroxylation sites is 1. The number of alkyl halides is 6. The largest absolute Gasteiger partial charge is 0.416 e. The van der Waals surface area contributed by atoms with Gasteiger partial charge in [0.15, 0.2) is 5.78 Å². The average molecular weight is 595 g/mol. The normalized spacial score (nSPS) is 13.1. The number of aryl methyl sites for hydroxylation is 2. The number of hydrogen-bond acceptors (Lipinski definition) is 5. The molecule has 13 heteroatoms. The lowest BCUT2D eigenvalue weighted by Gasteiger charge is -2.23. The fraction of sp³-hybridized carbons (Fsp3) is 0.448. The fourth-order valence-electron chi connectivity index (χ4n) is 5.23. The first-order valence-electron chi connectivity index (χ1n) is 13.6. The number of anilines is 1. The standard InChI is InChI=1S/C29H32F6N6O/c1-5-7-10-19(6-2)26(42)25-23(22-11-8-9-12-24(22)39(25)3)17-41(27-36-38-40(4)37-27)16-18-13-20(28(30,31)32)15-21(14-18)29(33,34)35/h8-9,11-15,19H,5-7,10,16-17H2,1-4H3. The summed E-state index contributed by atoms with van der Waals surface area (Å²) < 4.78 is 83.4. The van der Waals surface area contributed by atoms with Gasteiger partial charge in [-0.3, -0.25) is 4.79 Å². The zero-order valence-corrected chi connectivity index (χ0v) is 23.7. The maximum absolute atomic E-state index is 13.9. The minimum Gasteiger partial charge on any atom is -0.341 e. The van der Waals surface area contributed by atoms with Gasteiger partial charge in [0, 0.05) is 42.5 Å². The monoisotopic (exact) mass is 594 g/mol. The molecule has 2 heterocycles. The van der Waals surface area contributed by atoms with Crippen molar-refractivity contribution in [3.8, 4) is 0 Å². The first kappa shape index (κ1) is 31.0. The van der Waals surface area contributed by atoms with E-state index in [1.807, 2.05) is 38.1 Å². The van der Waals surface area contributed by atoms with Crippen LogP contribution < -0.4 is 4.90 Å². The number of tetrazole rings is 1. The molecule has 2 aromatic carbocycles. The topological polar surface area (TPSA) is 68.8 Å². The lowest BCUT2D eigenvalue weighted by molar-refractivity contribution is -0.143. The summed E-state index contributed by atoms with van der Waals surface area (Å²) in [5, 5.41) is 12.7. The van der Waals surface area contributed by atoms with Crippen molar-refractivity contribution >= 4 is 22.6 Å². The highest BCUT2D eigenvalue weighted by molar-refractivity contribution is 6.04. The van der Waals surface area contributed by atoms with E-state index in [2.05, 4.69) is 15.4 Å². The van der Waals surface area contributed by atoms with Crippen LogP contribution in [0.5, 0.6) is 0 Å². The molecule has 226 valence electrons. The van der Waals surface area contributed by atoms with Gasteiger partial charge in [0.05, 0.1) is 23.9 Å². The highest BCUT2D eigenvalue weighted by atomic mass is 19.4. The minimum atomic E-state index is -4.99. The van der Waals surface area contributed by atoms with Crippen LogP contribution in [-0.2, 0) is 39.5 Å². The van der Waals surface area contributed by atoms with Crippen molar-refractivity contribution in [2.24, 2.45) is 20.0 Å². The molecule has 2 aromatic heterocycles. The molecule has 0 fully saturated rings. The summed E-state index contributed by atoms with van der Waals surface area (Å²) in [4.78, 5) is 16.5. The number of hydrogen-bond donors (Lipinski definition) is 0. The van der Waals surface area contributed by atoms with Gasteiger partial charge in [0.25, 0.3) is 5.95 Å². The van der Waals surface area contributed by atoms with Crippen LogP contribution in [0.3, 0.4) is 0 Å². The van der Waals surface area contributed by atoms with Gasteiger partial charge in [0.2, 0.25) is 0 Å². The number of aromatic nitrogens is 5. The van der Waals surface area contributed by atoms with Gasteiger partial charge in [-0.15, -0.1) is 5.10 Å². The molecule has 7 nitrogen and oxygen atoms in total. The van der Waals surface area contributed by atoms with E-state index >= 15 is 0 Å². The molecule has 0 aliphatic heterocycles. The Bertz CT molecular complexity index is 1520. The highest BCUT2D eigenvalue weighted by Gasteiger charge is 2.37. The number of ketones is 1. The average Bonchev–Trinajstić information content (AvgIpc) is 3.48. The number of rotatable bonds is 11. The number of carbonyl (C=O) groups excluding carboxylic acids is 1. The number of halogens is 6. The lowest BCUT2D eigenvalue weighted by atomic mass is 9.91. The van der Waals surface area contributed by atoms with Crippen molar-refractivity contribution in [2.75, 3.05) is 4.90 Å². The molecule has 0 aliphatic carbocycles. The van der Waals surface area contributed by atoms with Crippen LogP contribution in [0, 0.1) is 5.92 Å². The Balaban J connectivity index is 1.85. The molecule has 4 aromatic rings. The summed E-state index contributed by atoms with van der Waals surface area (Å²) >= 11 is 0. The Morgan fingerprint density at radius 1 is 0.952 bits per heavy atom. The molecule has 42 heavy (non-hydrogen) atoms. The van der Waals surface area contributed by atoms with E-state index in [1.165, 1.54) is 11.9 Å². The van der Waals surface area contributed by atoms with Crippen LogP contribution >= 0.6 is 0 Å². The second-order valence-electron chi connectivity index (χ2n) is 10.4. The molecule has 0 saturated heterocycles. The molecule has 0 amide bonds. The Hall–Kier alpha value is -3.90. The highest BCUT2D eigenvalue weighted by Crippen LogP contribution is 2.37. The number of carbonyl (C=O) groups is 1. The summed E-state index contributed by atoms with van der Waals surface area (Å²) in [6, 6.07) is 8.80. The predicted molar refractivity (Wildman–Crippen MR) is 146 cm³/mol. The van der Waals surface area contributed by atoms with Gasteiger partial charge in [-0.2, -0.15) is 31.1 Å². The summed E-state index contributed by atoms with van der Waals surface area (Å²) in [7, 11) is 3.27. The molecule has 0 radical (unpaired) electrons. The quantitative estimate of drug-likeness (QED) is 0.134. The van der Waals surface area contributed by atoms with Crippen molar-refractivity contribution < 1.29 is 31.1 Å². The second kappa shape index (κ2) is 12.1. The van der Waals surface area contributed by atoms with Gasteiger partial charge in [0.1, 0.15) is 0 Å². The van der Waals surface area contributed by atoms with E-state index in [1.54, 1.807) is 11.6 Å². The van der Waals surface area contributed by atoms with Crippen LogP contribution in [0.25, 0.3) is 10.9 Å². The summed E-state index contributed by atoms with van der Waals surface area (Å²) in [6.07, 6.45) is -6.86. The van der Waals surface area contributed by atoms with Gasteiger partial charge >= 0.3 is 12.4 Å². The van der Waals surface area contributed by atoms with E-state index in [4.69, 9.17) is 0 Å². The molecular formula is C29H32F6N6O. The molecule has 0 bridgehead atoms. The van der Waals surface area contributed by atoms with E-state index in [0.29, 0.717) is 36.2 Å². The van der Waals surface area contributed by atoms with Crippen molar-refractivity contribution in [1.29, 1.82) is 0 Å². The van der Waals surface area contributed by atoms with Crippen LogP contribution in [-0.4, -0.2) is 30.6 Å². The van der Waals surface area contributed by atoms with Crippen molar-refractivity contribution in [1.82, 2.24) is 24.8 Å². The molecule has 4 rings (SSSR count). The fourth-order valence-corrected chi connectivity index (χ4v) is 5.23. The smallest absolute Gasteiger partial charge is 0.341 e. The van der Waals surface area contributed by atoms with Gasteiger partial charge < -0.3 is 9.47 Å². The van der Waals surface area contributed by atoms with Crippen LogP contribution in [0.2, 0.25) is 0 Å². The van der Waals surface area contributed by atoms with Crippen LogP contribution in [0.4, 0.5) is 32.3 Å². The molecule has 1 unspecified atom stereocenters. The van der Waals surface area contributed by atoms with Crippen molar-refractivity contribution in [3.05, 3.63) is 70.4 Å². The molecule has 0 spiro atoms. The number of Topliss-reactive ketones (excluding diaryl/α,β-unsaturated/α-hetero) is 1. The van der Waals surface area contributed by atoms with E-state index < -0.39 is 30.0 Å². The first-order valence-corrected chi connectivity index (χ1v) is 13.6. The lowest BCUT2D eigenvalue weighted by Crippen LogP contribution is -2.26. The maximum atomic E-state index is 13.9. The third-order valence-corrected chi connectivity index (χ3v) is 7.37. The number of nitrogens with zero attached hydrogens (tertiary/aromatic N) is 6. The van der Waals surface area contributed by atoms with Crippen molar-refractivity contribution in [2.45, 2.75) is 65.0 Å². The number of fused-ring (bicyclic) bond motifs is 1. The Kier molecular flexibility index (Phi) is 8.98. The third kappa shape index (κ3) is 6.60. The van der Waals surface area contributed by atoms with E-state index in [9.17, 15) is 31.1 Å². The van der Waals surface area contributed by atoms with E-state index in [0.717, 1.165) is 28.5 Å². The molecule has 0 aliphatic rings. The van der Waals surface area contributed by atoms with E-state index in [-0.39, 0.29) is 35.8 Å². The van der Waals surface area contributed by atoms with Gasteiger partial charge in [-0.05, 0) is 47.9 Å². The number of benzene rings is 2. The first-order chi connectivity index (χ1) is 19.7. The summed E-state index contributed by atoms with van der Waals surface area (Å²) in [5.41, 5.74) is -1.28. The predicted octanol–water partition coefficient (Wildman–Crippen LogP) is 7.35. The minimum absolute atomic E-state index is 0.00664. The van der Waals surface area contributed by atoms with Gasteiger partial charge in [-0.25, -0.2) is 0 Å². The molecule has 0 saturated carbocycles. The molecule has 0 N–H and O–H groups in total. The Morgan fingerprint density at radius 3 is 2.14 bits per heavy atom. The zero-order chi connectivity index (χ0) is 30.8. The Labute approximate surface area is 239 Å². The molecular weight excluding hydrogens is 562 g/mol. The summed E-state index contributed by atoms with van der Waals surface area (Å²) in [5.74, 6) is -0.314. The van der Waals surface area contributed by atoms with Crippen LogP contribution in [0.1, 0.15) is 72.3 Å². The zero-order valence-electron chi connectivity index (χ0n) is 23.7. The second-order valence-corrected chi connectivity index (χ2v) is 10.4. The summed E-state index contributed by atoms with van der Waals surface area (Å²) in [6.45, 7) is 3.53. The van der Waals surface area contributed by atoms with Gasteiger partial charge in [-0.1, -0.05) is 50.0 Å².